The van der Waals surface area contributed by atoms with Crippen molar-refractivity contribution in [3.05, 3.63) is 107 Å². The largest absolute Gasteiger partial charge is 0.0622 e. The molecule has 0 heterocycles. The maximum Gasteiger partial charge on any atom is -0.00257 e. The Morgan fingerprint density at radius 3 is 1.91 bits per heavy atom. The molecule has 0 amide bonds. The Labute approximate surface area is 133 Å². The van der Waals surface area contributed by atoms with Gasteiger partial charge in [0.05, 0.1) is 0 Å². The molecule has 0 bridgehead atoms. The van der Waals surface area contributed by atoms with Crippen LogP contribution in [0.25, 0.3) is 0 Å². The lowest BCUT2D eigenvalue weighted by Gasteiger charge is -2.10. The molecule has 0 aliphatic carbocycles. The molecule has 0 aliphatic heterocycles. The SMILES string of the molecule is Cc1ccc(Cc2ccccc2)cc1CCc1ccccc1. The molecule has 0 spiro atoms. The van der Waals surface area contributed by atoms with Crippen molar-refractivity contribution in [2.45, 2.75) is 26.2 Å². The van der Waals surface area contributed by atoms with Crippen molar-refractivity contribution in [1.82, 2.24) is 0 Å². The number of hydrogen-bond donors (Lipinski definition) is 0. The van der Waals surface area contributed by atoms with E-state index in [9.17, 15) is 0 Å². The molecule has 0 saturated carbocycles. The van der Waals surface area contributed by atoms with Crippen LogP contribution in [0.3, 0.4) is 0 Å². The molecule has 0 aromatic heterocycles. The monoisotopic (exact) mass is 286 g/mol. The Balaban J connectivity index is 1.72. The van der Waals surface area contributed by atoms with Crippen molar-refractivity contribution in [2.24, 2.45) is 0 Å². The van der Waals surface area contributed by atoms with E-state index in [0.29, 0.717) is 0 Å². The van der Waals surface area contributed by atoms with Crippen LogP contribution in [-0.2, 0) is 19.3 Å². The minimum atomic E-state index is 1.01. The van der Waals surface area contributed by atoms with E-state index in [1.807, 2.05) is 0 Å². The maximum absolute atomic E-state index is 2.38. The molecule has 0 saturated heterocycles. The Kier molecular flexibility index (Phi) is 4.70. The van der Waals surface area contributed by atoms with Gasteiger partial charge in [-0.25, -0.2) is 0 Å². The van der Waals surface area contributed by atoms with Gasteiger partial charge in [0.25, 0.3) is 0 Å². The minimum Gasteiger partial charge on any atom is -0.0622 e. The number of benzene rings is 3. The summed E-state index contributed by atoms with van der Waals surface area (Å²) in [5.74, 6) is 0. The van der Waals surface area contributed by atoms with Gasteiger partial charge in [-0.1, -0.05) is 78.9 Å². The van der Waals surface area contributed by atoms with E-state index in [1.54, 1.807) is 0 Å². The summed E-state index contributed by atoms with van der Waals surface area (Å²) in [5, 5.41) is 0. The third kappa shape index (κ3) is 3.85. The van der Waals surface area contributed by atoms with Crippen LogP contribution in [0.1, 0.15) is 27.8 Å². The van der Waals surface area contributed by atoms with Crippen LogP contribution in [0.15, 0.2) is 78.9 Å². The summed E-state index contributed by atoms with van der Waals surface area (Å²) in [6.07, 6.45) is 3.23. The highest BCUT2D eigenvalue weighted by molar-refractivity contribution is 5.35. The van der Waals surface area contributed by atoms with Crippen LogP contribution in [0.5, 0.6) is 0 Å². The number of rotatable bonds is 5. The second-order valence-corrected chi connectivity index (χ2v) is 5.91. The molecule has 0 aliphatic rings. The first-order valence-electron chi connectivity index (χ1n) is 7.97. The molecule has 22 heavy (non-hydrogen) atoms. The first-order valence-corrected chi connectivity index (χ1v) is 7.97. The van der Waals surface area contributed by atoms with Gasteiger partial charge in [-0.05, 0) is 54.0 Å². The van der Waals surface area contributed by atoms with Crippen LogP contribution in [0.4, 0.5) is 0 Å². The molecule has 0 fully saturated rings. The van der Waals surface area contributed by atoms with Gasteiger partial charge in [0, 0.05) is 0 Å². The molecule has 3 aromatic carbocycles. The van der Waals surface area contributed by atoms with Gasteiger partial charge >= 0.3 is 0 Å². The van der Waals surface area contributed by atoms with Gasteiger partial charge in [-0.3, -0.25) is 0 Å². The molecule has 0 N–H and O–H groups in total. The zero-order chi connectivity index (χ0) is 15.2. The fraction of sp³-hybridized carbons (Fsp3) is 0.182. The summed E-state index contributed by atoms with van der Waals surface area (Å²) < 4.78 is 0. The van der Waals surface area contributed by atoms with Gasteiger partial charge in [0.2, 0.25) is 0 Å². The van der Waals surface area contributed by atoms with Gasteiger partial charge < -0.3 is 0 Å². The van der Waals surface area contributed by atoms with Crippen molar-refractivity contribution in [3.63, 3.8) is 0 Å². The standard InChI is InChI=1S/C22H22/c1-18-12-13-21(16-20-10-6-3-7-11-20)17-22(18)15-14-19-8-4-2-5-9-19/h2-13,17H,14-16H2,1H3. The predicted octanol–water partition coefficient (Wildman–Crippen LogP) is 5.37. The highest BCUT2D eigenvalue weighted by atomic mass is 14.1. The second kappa shape index (κ2) is 7.09. The highest BCUT2D eigenvalue weighted by Gasteiger charge is 2.03. The first-order chi connectivity index (χ1) is 10.8. The fourth-order valence-electron chi connectivity index (χ4n) is 2.86. The average molecular weight is 286 g/mol. The third-order valence-corrected chi connectivity index (χ3v) is 4.19. The minimum absolute atomic E-state index is 1.01. The van der Waals surface area contributed by atoms with Crippen molar-refractivity contribution >= 4 is 0 Å². The second-order valence-electron chi connectivity index (χ2n) is 5.91. The normalized spacial score (nSPS) is 10.6. The zero-order valence-corrected chi connectivity index (χ0v) is 13.1. The van der Waals surface area contributed by atoms with E-state index < -0.39 is 0 Å². The number of hydrogen-bond acceptors (Lipinski definition) is 0. The summed E-state index contributed by atoms with van der Waals surface area (Å²) in [7, 11) is 0. The van der Waals surface area contributed by atoms with E-state index in [-0.39, 0.29) is 0 Å². The van der Waals surface area contributed by atoms with E-state index in [0.717, 1.165) is 19.3 Å². The lowest BCUT2D eigenvalue weighted by Crippen LogP contribution is -1.97. The first kappa shape index (κ1) is 14.6. The Morgan fingerprint density at radius 2 is 1.23 bits per heavy atom. The van der Waals surface area contributed by atoms with Crippen molar-refractivity contribution in [3.8, 4) is 0 Å². The van der Waals surface area contributed by atoms with Crippen LogP contribution in [0.2, 0.25) is 0 Å². The fourth-order valence-corrected chi connectivity index (χ4v) is 2.86. The van der Waals surface area contributed by atoms with Gasteiger partial charge in [0.1, 0.15) is 0 Å². The molecule has 3 aromatic rings. The van der Waals surface area contributed by atoms with E-state index in [4.69, 9.17) is 0 Å². The van der Waals surface area contributed by atoms with Gasteiger partial charge in [0.15, 0.2) is 0 Å². The average Bonchev–Trinajstić information content (AvgIpc) is 2.57. The van der Waals surface area contributed by atoms with Crippen LogP contribution < -0.4 is 0 Å². The molecular formula is C22H22. The maximum atomic E-state index is 2.38. The molecule has 0 unspecified atom stereocenters. The molecule has 0 radical (unpaired) electrons. The number of aryl methyl sites for hydroxylation is 3. The van der Waals surface area contributed by atoms with Crippen molar-refractivity contribution in [1.29, 1.82) is 0 Å². The van der Waals surface area contributed by atoms with Crippen molar-refractivity contribution < 1.29 is 0 Å². The van der Waals surface area contributed by atoms with Crippen LogP contribution in [-0.4, -0.2) is 0 Å². The van der Waals surface area contributed by atoms with Gasteiger partial charge in [-0.15, -0.1) is 0 Å². The summed E-state index contributed by atoms with van der Waals surface area (Å²) in [6, 6.07) is 28.3. The lowest BCUT2D eigenvalue weighted by molar-refractivity contribution is 0.944. The van der Waals surface area contributed by atoms with Crippen LogP contribution >= 0.6 is 0 Å². The van der Waals surface area contributed by atoms with E-state index in [2.05, 4.69) is 85.8 Å². The quantitative estimate of drug-likeness (QED) is 0.591. The highest BCUT2D eigenvalue weighted by Crippen LogP contribution is 2.17. The third-order valence-electron chi connectivity index (χ3n) is 4.19. The lowest BCUT2D eigenvalue weighted by atomic mass is 9.96. The molecular weight excluding hydrogens is 264 g/mol. The Hall–Kier alpha value is -2.34. The Morgan fingerprint density at radius 1 is 0.591 bits per heavy atom. The molecule has 0 nitrogen and oxygen atoms in total. The Bertz CT molecular complexity index is 712. The summed E-state index contributed by atoms with van der Waals surface area (Å²) >= 11 is 0. The van der Waals surface area contributed by atoms with E-state index in [1.165, 1.54) is 27.8 Å². The predicted molar refractivity (Wildman–Crippen MR) is 94.3 cm³/mol. The molecule has 0 atom stereocenters. The molecule has 0 heteroatoms. The van der Waals surface area contributed by atoms with Gasteiger partial charge in [-0.2, -0.15) is 0 Å². The summed E-state index contributed by atoms with van der Waals surface area (Å²) in [5.41, 5.74) is 7.06. The zero-order valence-electron chi connectivity index (χ0n) is 13.1. The molecule has 110 valence electrons. The van der Waals surface area contributed by atoms with E-state index >= 15 is 0 Å². The summed E-state index contributed by atoms with van der Waals surface area (Å²) in [4.78, 5) is 0. The summed E-state index contributed by atoms with van der Waals surface area (Å²) in [6.45, 7) is 2.21. The topological polar surface area (TPSA) is 0 Å². The van der Waals surface area contributed by atoms with Crippen LogP contribution in [0, 0.1) is 6.92 Å². The van der Waals surface area contributed by atoms with Crippen molar-refractivity contribution in [2.75, 3.05) is 0 Å². The molecule has 3 rings (SSSR count). The smallest absolute Gasteiger partial charge is 0.00257 e.